The van der Waals surface area contributed by atoms with Crippen LogP contribution in [-0.4, -0.2) is 50.9 Å². The topological polar surface area (TPSA) is 66.5 Å². The van der Waals surface area contributed by atoms with Crippen molar-refractivity contribution in [2.75, 3.05) is 26.4 Å². The molecule has 0 aromatic heterocycles. The third-order valence-electron chi connectivity index (χ3n) is 4.23. The van der Waals surface area contributed by atoms with Gasteiger partial charge in [-0.05, 0) is 32.5 Å². The second-order valence-electron chi connectivity index (χ2n) is 6.51. The molecule has 1 aromatic rings. The molecule has 0 spiro atoms. The van der Waals surface area contributed by atoms with Crippen molar-refractivity contribution >= 4 is 15.7 Å². The van der Waals surface area contributed by atoms with Gasteiger partial charge in [-0.3, -0.25) is 4.79 Å². The van der Waals surface area contributed by atoms with Crippen LogP contribution in [-0.2, 0) is 14.6 Å². The molecule has 1 amide bonds. The predicted molar refractivity (Wildman–Crippen MR) is 91.9 cm³/mol. The lowest BCUT2D eigenvalue weighted by molar-refractivity contribution is -0.119. The largest absolute Gasteiger partial charge is 0.347 e. The van der Waals surface area contributed by atoms with Crippen LogP contribution >= 0.6 is 0 Å². The number of hydrogen-bond acceptors (Lipinski definition) is 4. The molecule has 1 aromatic carbocycles. The summed E-state index contributed by atoms with van der Waals surface area (Å²) in [7, 11) is 0.515. The molecule has 0 saturated heterocycles. The number of likely N-dealkylation sites (N-methyl/N-ethyl adjacent to an activating group) is 1. The third-order valence-corrected chi connectivity index (χ3v) is 6.38. The lowest BCUT2D eigenvalue weighted by atomic mass is 10.1. The minimum absolute atomic E-state index is 0.211. The third kappa shape index (κ3) is 5.32. The number of carbonyl (C=O) groups excluding carboxylic acids is 1. The first-order valence-electron chi connectivity index (χ1n) is 8.09. The van der Waals surface area contributed by atoms with E-state index in [1.165, 1.54) is 0 Å². The van der Waals surface area contributed by atoms with E-state index in [9.17, 15) is 13.2 Å². The summed E-state index contributed by atoms with van der Waals surface area (Å²) < 4.78 is 24.6. The van der Waals surface area contributed by atoms with Gasteiger partial charge < -0.3 is 10.2 Å². The number of rotatable bonds is 7. The number of amides is 1. The summed E-state index contributed by atoms with van der Waals surface area (Å²) in [6.07, 6.45) is 3.27. The Morgan fingerprint density at radius 1 is 1.22 bits per heavy atom. The van der Waals surface area contributed by atoms with E-state index in [-0.39, 0.29) is 11.3 Å². The number of benzene rings is 1. The van der Waals surface area contributed by atoms with Crippen LogP contribution in [0.4, 0.5) is 0 Å². The SMILES string of the molecule is CN(C)CC(NC(=O)CS(=O)(=O)C1CCCC1)c1ccccc1. The second kappa shape index (κ2) is 7.93. The average molecular weight is 338 g/mol. The van der Waals surface area contributed by atoms with Crippen LogP contribution in [0.3, 0.4) is 0 Å². The molecule has 5 nitrogen and oxygen atoms in total. The Bertz CT molecular complexity index is 608. The normalized spacial score (nSPS) is 17.3. The Labute approximate surface area is 139 Å². The molecular formula is C17H26N2O3S. The Morgan fingerprint density at radius 2 is 1.83 bits per heavy atom. The fraction of sp³-hybridized carbons (Fsp3) is 0.588. The highest BCUT2D eigenvalue weighted by molar-refractivity contribution is 7.92. The Hall–Kier alpha value is -1.40. The molecule has 1 saturated carbocycles. The molecule has 0 bridgehead atoms. The number of hydrogen-bond donors (Lipinski definition) is 1. The predicted octanol–water partition coefficient (Wildman–Crippen LogP) is 1.76. The molecule has 1 fully saturated rings. The van der Waals surface area contributed by atoms with E-state index in [0.29, 0.717) is 19.4 Å². The van der Waals surface area contributed by atoms with Crippen molar-refractivity contribution in [2.45, 2.75) is 37.0 Å². The fourth-order valence-corrected chi connectivity index (χ4v) is 4.80. The van der Waals surface area contributed by atoms with Gasteiger partial charge in [0.05, 0.1) is 11.3 Å². The van der Waals surface area contributed by atoms with Crippen molar-refractivity contribution in [3.8, 4) is 0 Å². The summed E-state index contributed by atoms with van der Waals surface area (Å²) in [5.74, 6) is -0.818. The molecule has 2 rings (SSSR count). The van der Waals surface area contributed by atoms with Crippen LogP contribution in [0, 0.1) is 0 Å². The van der Waals surface area contributed by atoms with Crippen molar-refractivity contribution in [1.82, 2.24) is 10.2 Å². The van der Waals surface area contributed by atoms with Crippen LogP contribution in [0.1, 0.15) is 37.3 Å². The maximum Gasteiger partial charge on any atom is 0.235 e. The molecule has 128 valence electrons. The van der Waals surface area contributed by atoms with Crippen LogP contribution in [0.5, 0.6) is 0 Å². The van der Waals surface area contributed by atoms with E-state index in [1.807, 2.05) is 49.3 Å². The number of sulfone groups is 1. The van der Waals surface area contributed by atoms with Crippen molar-refractivity contribution < 1.29 is 13.2 Å². The Balaban J connectivity index is 2.02. The summed E-state index contributed by atoms with van der Waals surface area (Å²) in [4.78, 5) is 14.2. The summed E-state index contributed by atoms with van der Waals surface area (Å²) >= 11 is 0. The molecule has 1 unspecified atom stereocenters. The van der Waals surface area contributed by atoms with Gasteiger partial charge in [0.25, 0.3) is 0 Å². The average Bonchev–Trinajstić information content (AvgIpc) is 3.01. The lowest BCUT2D eigenvalue weighted by Gasteiger charge is -2.23. The zero-order chi connectivity index (χ0) is 16.9. The maximum absolute atomic E-state index is 12.3. The highest BCUT2D eigenvalue weighted by atomic mass is 32.2. The number of nitrogens with zero attached hydrogens (tertiary/aromatic N) is 1. The molecule has 0 radical (unpaired) electrons. The van der Waals surface area contributed by atoms with E-state index in [1.54, 1.807) is 0 Å². The van der Waals surface area contributed by atoms with E-state index in [0.717, 1.165) is 18.4 Å². The van der Waals surface area contributed by atoms with Crippen molar-refractivity contribution in [2.24, 2.45) is 0 Å². The summed E-state index contributed by atoms with van der Waals surface area (Å²) in [6.45, 7) is 0.624. The highest BCUT2D eigenvalue weighted by Gasteiger charge is 2.31. The highest BCUT2D eigenvalue weighted by Crippen LogP contribution is 2.25. The quantitative estimate of drug-likeness (QED) is 0.823. The minimum atomic E-state index is -3.34. The first-order chi connectivity index (χ1) is 10.9. The van der Waals surface area contributed by atoms with E-state index < -0.39 is 21.5 Å². The zero-order valence-corrected chi connectivity index (χ0v) is 14.7. The molecule has 6 heteroatoms. The first-order valence-corrected chi connectivity index (χ1v) is 9.80. The fourth-order valence-electron chi connectivity index (χ4n) is 3.07. The molecule has 1 aliphatic rings. The van der Waals surface area contributed by atoms with Gasteiger partial charge in [0.15, 0.2) is 9.84 Å². The second-order valence-corrected chi connectivity index (χ2v) is 8.79. The van der Waals surface area contributed by atoms with Crippen LogP contribution < -0.4 is 5.32 Å². The minimum Gasteiger partial charge on any atom is -0.347 e. The number of nitrogens with one attached hydrogen (secondary N) is 1. The molecule has 0 heterocycles. The van der Waals surface area contributed by atoms with Crippen LogP contribution in [0.25, 0.3) is 0 Å². The summed E-state index contributed by atoms with van der Waals surface area (Å²) in [6, 6.07) is 9.43. The van der Waals surface area contributed by atoms with Gasteiger partial charge in [-0.15, -0.1) is 0 Å². The smallest absolute Gasteiger partial charge is 0.235 e. The van der Waals surface area contributed by atoms with Crippen molar-refractivity contribution in [3.05, 3.63) is 35.9 Å². The van der Waals surface area contributed by atoms with Gasteiger partial charge in [0.2, 0.25) is 5.91 Å². The van der Waals surface area contributed by atoms with Crippen molar-refractivity contribution in [3.63, 3.8) is 0 Å². The van der Waals surface area contributed by atoms with Gasteiger partial charge in [0, 0.05) is 6.54 Å². The number of carbonyl (C=O) groups is 1. The van der Waals surface area contributed by atoms with Crippen molar-refractivity contribution in [1.29, 1.82) is 0 Å². The van der Waals surface area contributed by atoms with Gasteiger partial charge in [-0.1, -0.05) is 43.2 Å². The van der Waals surface area contributed by atoms with Gasteiger partial charge >= 0.3 is 0 Å². The Morgan fingerprint density at radius 3 is 2.39 bits per heavy atom. The zero-order valence-electron chi connectivity index (χ0n) is 13.9. The Kier molecular flexibility index (Phi) is 6.18. The van der Waals surface area contributed by atoms with E-state index in [2.05, 4.69) is 5.32 Å². The summed E-state index contributed by atoms with van der Waals surface area (Å²) in [5.41, 5.74) is 0.979. The molecule has 1 atom stereocenters. The molecule has 1 aliphatic carbocycles. The monoisotopic (exact) mass is 338 g/mol. The molecular weight excluding hydrogens is 312 g/mol. The lowest BCUT2D eigenvalue weighted by Crippen LogP contribution is -2.39. The molecule has 23 heavy (non-hydrogen) atoms. The summed E-state index contributed by atoms with van der Waals surface area (Å²) in [5, 5.41) is 2.55. The van der Waals surface area contributed by atoms with E-state index >= 15 is 0 Å². The standard InChI is InChI=1S/C17H26N2O3S/c1-19(2)12-16(14-8-4-3-5-9-14)18-17(20)13-23(21,22)15-10-6-7-11-15/h3-5,8-9,15-16H,6-7,10-13H2,1-2H3,(H,18,20). The van der Waals surface area contributed by atoms with Crippen LogP contribution in [0.15, 0.2) is 30.3 Å². The van der Waals surface area contributed by atoms with E-state index in [4.69, 9.17) is 0 Å². The maximum atomic E-state index is 12.3. The molecule has 1 N–H and O–H groups in total. The first kappa shape index (κ1) is 17.9. The van der Waals surface area contributed by atoms with Gasteiger partial charge in [0.1, 0.15) is 5.75 Å². The van der Waals surface area contributed by atoms with Gasteiger partial charge in [-0.2, -0.15) is 0 Å². The van der Waals surface area contributed by atoms with Gasteiger partial charge in [-0.25, -0.2) is 8.42 Å². The van der Waals surface area contributed by atoms with Crippen LogP contribution in [0.2, 0.25) is 0 Å². The molecule has 0 aliphatic heterocycles.